The zero-order valence-corrected chi connectivity index (χ0v) is 17.5. The first kappa shape index (κ1) is 20.4. The van der Waals surface area contributed by atoms with Crippen LogP contribution in [0.2, 0.25) is 0 Å². The molecule has 0 radical (unpaired) electrons. The highest BCUT2D eigenvalue weighted by Crippen LogP contribution is 2.29. The van der Waals surface area contributed by atoms with Crippen LogP contribution in [0, 0.1) is 5.82 Å². The Bertz CT molecular complexity index is 974. The van der Waals surface area contributed by atoms with E-state index in [1.165, 1.54) is 17.8 Å². The Morgan fingerprint density at radius 3 is 2.57 bits per heavy atom. The molecule has 1 N–H and O–H groups in total. The largest absolute Gasteiger partial charge is 0.324 e. The van der Waals surface area contributed by atoms with Crippen molar-refractivity contribution in [3.05, 3.63) is 54.3 Å². The van der Waals surface area contributed by atoms with Gasteiger partial charge in [-0.05, 0) is 44.4 Å². The smallest absolute Gasteiger partial charge is 0.234 e. The Morgan fingerprint density at radius 1 is 1.14 bits per heavy atom. The molecule has 146 valence electrons. The fraction of sp³-hybridized carbons (Fsp3) is 0.250. The van der Waals surface area contributed by atoms with Gasteiger partial charge in [0.25, 0.3) is 0 Å². The number of hydrogen-bond acceptors (Lipinski definition) is 5. The lowest BCUT2D eigenvalue weighted by molar-refractivity contribution is -0.113. The fourth-order valence-electron chi connectivity index (χ4n) is 2.73. The van der Waals surface area contributed by atoms with Gasteiger partial charge in [-0.2, -0.15) is 0 Å². The lowest BCUT2D eigenvalue weighted by Gasteiger charge is -2.14. The van der Waals surface area contributed by atoms with Crippen molar-refractivity contribution in [1.29, 1.82) is 0 Å². The number of carbonyl (C=O) groups excluding carboxylic acids is 1. The number of aromatic nitrogens is 3. The summed E-state index contributed by atoms with van der Waals surface area (Å²) in [6.45, 7) is 3.96. The highest BCUT2D eigenvalue weighted by molar-refractivity contribution is 7.99. The minimum Gasteiger partial charge on any atom is -0.324 e. The molecule has 0 bridgehead atoms. The van der Waals surface area contributed by atoms with Gasteiger partial charge in [-0.25, -0.2) is 4.39 Å². The molecule has 0 aliphatic carbocycles. The highest BCUT2D eigenvalue weighted by Gasteiger charge is 2.20. The molecule has 1 heterocycles. The molecule has 1 amide bonds. The third kappa shape index (κ3) is 4.56. The van der Waals surface area contributed by atoms with Crippen LogP contribution < -0.4 is 5.32 Å². The third-order valence-corrected chi connectivity index (χ3v) is 5.75. The van der Waals surface area contributed by atoms with E-state index in [0.29, 0.717) is 16.5 Å². The van der Waals surface area contributed by atoms with Gasteiger partial charge in [0.2, 0.25) is 5.91 Å². The maximum Gasteiger partial charge on any atom is 0.234 e. The van der Waals surface area contributed by atoms with Crippen molar-refractivity contribution in [1.82, 2.24) is 14.8 Å². The van der Waals surface area contributed by atoms with E-state index in [0.717, 1.165) is 10.6 Å². The number of nitrogens with one attached hydrogen (secondary N) is 1. The minimum atomic E-state index is -0.347. The first-order valence-corrected chi connectivity index (χ1v) is 11.0. The molecule has 28 heavy (non-hydrogen) atoms. The maximum absolute atomic E-state index is 14.2. The second-order valence-corrected chi connectivity index (χ2v) is 8.08. The number of halogens is 1. The number of benzene rings is 2. The molecule has 0 spiro atoms. The molecule has 0 atom stereocenters. The summed E-state index contributed by atoms with van der Waals surface area (Å²) in [6, 6.07) is 14.2. The number of amides is 1. The van der Waals surface area contributed by atoms with Crippen molar-refractivity contribution in [2.24, 2.45) is 0 Å². The van der Waals surface area contributed by atoms with Gasteiger partial charge in [-0.3, -0.25) is 9.36 Å². The second kappa shape index (κ2) is 9.25. The Hall–Kier alpha value is -2.32. The van der Waals surface area contributed by atoms with Crippen LogP contribution in [0.4, 0.5) is 10.1 Å². The molecule has 3 rings (SSSR count). The van der Waals surface area contributed by atoms with Crippen LogP contribution in [-0.2, 0) is 4.79 Å². The van der Waals surface area contributed by atoms with E-state index < -0.39 is 0 Å². The molecular formula is C20H21FN4OS2. The highest BCUT2D eigenvalue weighted by atomic mass is 32.2. The normalized spacial score (nSPS) is 11.0. The maximum atomic E-state index is 14.2. The number of thioether (sulfide) groups is 2. The molecule has 0 saturated heterocycles. The van der Waals surface area contributed by atoms with Gasteiger partial charge in [-0.1, -0.05) is 36.0 Å². The molecule has 0 fully saturated rings. The molecule has 0 aliphatic rings. The van der Waals surface area contributed by atoms with Gasteiger partial charge in [-0.15, -0.1) is 22.0 Å². The summed E-state index contributed by atoms with van der Waals surface area (Å²) in [6.07, 6.45) is 1.97. The summed E-state index contributed by atoms with van der Waals surface area (Å²) >= 11 is 2.86. The number of nitrogens with zero attached hydrogens (tertiary/aromatic N) is 3. The van der Waals surface area contributed by atoms with Crippen molar-refractivity contribution in [2.45, 2.75) is 29.9 Å². The van der Waals surface area contributed by atoms with Crippen LogP contribution in [0.25, 0.3) is 11.4 Å². The number of carbonyl (C=O) groups is 1. The van der Waals surface area contributed by atoms with E-state index in [1.54, 1.807) is 30.0 Å². The number of hydrogen-bond donors (Lipinski definition) is 1. The molecule has 3 aromatic rings. The second-order valence-electron chi connectivity index (χ2n) is 6.29. The summed E-state index contributed by atoms with van der Waals surface area (Å²) < 4.78 is 16.1. The van der Waals surface area contributed by atoms with Crippen LogP contribution in [0.15, 0.2) is 58.6 Å². The Morgan fingerprint density at radius 2 is 1.86 bits per heavy atom. The Labute approximate surface area is 172 Å². The quantitative estimate of drug-likeness (QED) is 0.542. The Balaban J connectivity index is 1.76. The number of para-hydroxylation sites is 1. The van der Waals surface area contributed by atoms with Gasteiger partial charge in [0, 0.05) is 10.9 Å². The fourth-order valence-corrected chi connectivity index (χ4v) is 4.15. The van der Waals surface area contributed by atoms with Crippen molar-refractivity contribution < 1.29 is 9.18 Å². The predicted molar refractivity (Wildman–Crippen MR) is 113 cm³/mol. The number of rotatable bonds is 7. The first-order valence-electron chi connectivity index (χ1n) is 8.76. The van der Waals surface area contributed by atoms with E-state index in [4.69, 9.17) is 0 Å². The van der Waals surface area contributed by atoms with Crippen molar-refractivity contribution in [2.75, 3.05) is 17.3 Å². The molecule has 0 saturated carbocycles. The van der Waals surface area contributed by atoms with Gasteiger partial charge in [0.1, 0.15) is 5.82 Å². The zero-order chi connectivity index (χ0) is 20.1. The van der Waals surface area contributed by atoms with Crippen LogP contribution in [0.1, 0.15) is 19.9 Å². The van der Waals surface area contributed by atoms with E-state index in [9.17, 15) is 9.18 Å². The van der Waals surface area contributed by atoms with Crippen LogP contribution >= 0.6 is 23.5 Å². The summed E-state index contributed by atoms with van der Waals surface area (Å²) in [7, 11) is 0. The van der Waals surface area contributed by atoms with Crippen LogP contribution in [0.3, 0.4) is 0 Å². The van der Waals surface area contributed by atoms with Crippen molar-refractivity contribution >= 4 is 35.1 Å². The van der Waals surface area contributed by atoms with Crippen LogP contribution in [0.5, 0.6) is 0 Å². The molecule has 0 unspecified atom stereocenters. The monoisotopic (exact) mass is 416 g/mol. The lowest BCUT2D eigenvalue weighted by atomic mass is 10.2. The van der Waals surface area contributed by atoms with E-state index in [-0.39, 0.29) is 23.5 Å². The SMILES string of the molecule is CSc1ccccc1NC(=O)CSc1nnc(-c2ccccc2F)n1C(C)C. The van der Waals surface area contributed by atoms with E-state index >= 15 is 0 Å². The molecule has 5 nitrogen and oxygen atoms in total. The molecule has 0 aliphatic heterocycles. The van der Waals surface area contributed by atoms with Gasteiger partial charge < -0.3 is 5.32 Å². The van der Waals surface area contributed by atoms with Gasteiger partial charge >= 0.3 is 0 Å². The lowest BCUT2D eigenvalue weighted by Crippen LogP contribution is -2.15. The average molecular weight is 417 g/mol. The average Bonchev–Trinajstić information content (AvgIpc) is 3.11. The van der Waals surface area contributed by atoms with Crippen molar-refractivity contribution in [3.63, 3.8) is 0 Å². The van der Waals surface area contributed by atoms with Crippen molar-refractivity contribution in [3.8, 4) is 11.4 Å². The number of anilines is 1. The summed E-state index contributed by atoms with van der Waals surface area (Å²) in [5.41, 5.74) is 1.19. The standard InChI is InChI=1S/C20H21FN4OS2/c1-13(2)25-19(14-8-4-5-9-15(14)21)23-24-20(25)28-12-18(26)22-16-10-6-7-11-17(16)27-3/h4-11,13H,12H2,1-3H3,(H,22,26). The third-order valence-electron chi connectivity index (χ3n) is 4.01. The minimum absolute atomic E-state index is 0.0207. The van der Waals surface area contributed by atoms with Gasteiger partial charge in [0.05, 0.1) is 17.0 Å². The summed E-state index contributed by atoms with van der Waals surface area (Å²) in [4.78, 5) is 13.4. The van der Waals surface area contributed by atoms with Gasteiger partial charge in [0.15, 0.2) is 11.0 Å². The Kier molecular flexibility index (Phi) is 6.74. The molecule has 8 heteroatoms. The zero-order valence-electron chi connectivity index (χ0n) is 15.8. The predicted octanol–water partition coefficient (Wildman–Crippen LogP) is 5.12. The van der Waals surface area contributed by atoms with E-state index in [2.05, 4.69) is 15.5 Å². The van der Waals surface area contributed by atoms with E-state index in [1.807, 2.05) is 48.9 Å². The topological polar surface area (TPSA) is 59.8 Å². The van der Waals surface area contributed by atoms with Crippen LogP contribution in [-0.4, -0.2) is 32.7 Å². The molecule has 1 aromatic heterocycles. The molecule has 2 aromatic carbocycles. The first-order chi connectivity index (χ1) is 13.5. The summed E-state index contributed by atoms with van der Waals surface area (Å²) in [5.74, 6) is 0.172. The molecular weight excluding hydrogens is 395 g/mol. The summed E-state index contributed by atoms with van der Waals surface area (Å²) in [5, 5.41) is 11.9.